The average Bonchev–Trinajstić information content (AvgIpc) is 2.37. The van der Waals surface area contributed by atoms with Gasteiger partial charge >= 0.3 is 5.97 Å². The number of aliphatic carboxylic acids is 1. The molecule has 0 aliphatic carbocycles. The molecule has 1 aromatic rings. The summed E-state index contributed by atoms with van der Waals surface area (Å²) in [6.07, 6.45) is 0.669. The number of aryl methyl sites for hydroxylation is 1. The zero-order chi connectivity index (χ0) is 15.7. The van der Waals surface area contributed by atoms with Crippen LogP contribution in [0.25, 0.3) is 0 Å². The van der Waals surface area contributed by atoms with Gasteiger partial charge in [0.15, 0.2) is 0 Å². The summed E-state index contributed by atoms with van der Waals surface area (Å²) in [5.41, 5.74) is 1.78. The molecule has 2 atom stereocenters. The highest BCUT2D eigenvalue weighted by Gasteiger charge is 2.42. The molecule has 114 valence electrons. The van der Waals surface area contributed by atoms with Crippen LogP contribution in [0.1, 0.15) is 43.9 Å². The van der Waals surface area contributed by atoms with Gasteiger partial charge in [-0.1, -0.05) is 17.7 Å². The quantitative estimate of drug-likeness (QED) is 0.930. The van der Waals surface area contributed by atoms with Gasteiger partial charge in [-0.2, -0.15) is 0 Å². The first kappa shape index (κ1) is 15.8. The second-order valence-corrected chi connectivity index (χ2v) is 6.26. The van der Waals surface area contributed by atoms with Crippen molar-refractivity contribution in [3.05, 3.63) is 34.3 Å². The fraction of sp³-hybridized carbons (Fsp3) is 0.500. The first-order chi connectivity index (χ1) is 9.82. The Bertz CT molecular complexity index is 571. The van der Waals surface area contributed by atoms with Crippen LogP contribution in [0.2, 0.25) is 5.02 Å². The standard InChI is InChI=1S/C16H20ClNO3/c1-9(2)18-14(19)7-6-13(16(20)21)15(18)12-5-4-11(17)8-10(12)3/h4-5,8-9,13,15H,6-7H2,1-3H3,(H,20,21). The van der Waals surface area contributed by atoms with E-state index in [-0.39, 0.29) is 18.4 Å². The van der Waals surface area contributed by atoms with Crippen LogP contribution in [-0.4, -0.2) is 27.9 Å². The summed E-state index contributed by atoms with van der Waals surface area (Å²) in [4.78, 5) is 25.6. The van der Waals surface area contributed by atoms with Crippen LogP contribution in [0.15, 0.2) is 18.2 Å². The Morgan fingerprint density at radius 3 is 2.62 bits per heavy atom. The number of hydrogen-bond donors (Lipinski definition) is 1. The molecule has 1 N–H and O–H groups in total. The summed E-state index contributed by atoms with van der Waals surface area (Å²) < 4.78 is 0. The Hall–Kier alpha value is -1.55. The minimum atomic E-state index is -0.854. The molecule has 1 amide bonds. The molecule has 0 radical (unpaired) electrons. The van der Waals surface area contributed by atoms with E-state index in [0.717, 1.165) is 11.1 Å². The smallest absolute Gasteiger partial charge is 0.308 e. The van der Waals surface area contributed by atoms with E-state index >= 15 is 0 Å². The molecule has 1 aromatic carbocycles. The summed E-state index contributed by atoms with van der Waals surface area (Å²) in [6, 6.07) is 4.93. The lowest BCUT2D eigenvalue weighted by atomic mass is 9.82. The first-order valence-electron chi connectivity index (χ1n) is 7.13. The van der Waals surface area contributed by atoms with Crippen molar-refractivity contribution in [3.63, 3.8) is 0 Å². The molecule has 0 saturated carbocycles. The van der Waals surface area contributed by atoms with Crippen LogP contribution in [0.3, 0.4) is 0 Å². The van der Waals surface area contributed by atoms with Crippen LogP contribution in [0, 0.1) is 12.8 Å². The monoisotopic (exact) mass is 309 g/mol. The van der Waals surface area contributed by atoms with Crippen molar-refractivity contribution >= 4 is 23.5 Å². The zero-order valence-electron chi connectivity index (χ0n) is 12.5. The molecule has 5 heteroatoms. The lowest BCUT2D eigenvalue weighted by Crippen LogP contribution is -2.48. The van der Waals surface area contributed by atoms with Gasteiger partial charge in [-0.3, -0.25) is 9.59 Å². The van der Waals surface area contributed by atoms with Gasteiger partial charge in [-0.25, -0.2) is 0 Å². The second-order valence-electron chi connectivity index (χ2n) is 5.82. The molecule has 1 aliphatic heterocycles. The second kappa shape index (κ2) is 6.06. The number of likely N-dealkylation sites (tertiary alicyclic amines) is 1. The van der Waals surface area contributed by atoms with Crippen LogP contribution in [-0.2, 0) is 9.59 Å². The third-order valence-corrected chi connectivity index (χ3v) is 4.30. The van der Waals surface area contributed by atoms with E-state index in [2.05, 4.69) is 0 Å². The molecule has 1 heterocycles. The predicted octanol–water partition coefficient (Wildman–Crippen LogP) is 3.42. The Balaban J connectivity index is 2.54. The van der Waals surface area contributed by atoms with E-state index < -0.39 is 17.9 Å². The highest BCUT2D eigenvalue weighted by molar-refractivity contribution is 6.30. The van der Waals surface area contributed by atoms with E-state index in [1.54, 1.807) is 11.0 Å². The van der Waals surface area contributed by atoms with Crippen molar-refractivity contribution in [2.45, 2.75) is 45.7 Å². The number of benzene rings is 1. The molecule has 2 rings (SSSR count). The van der Waals surface area contributed by atoms with Crippen LogP contribution >= 0.6 is 11.6 Å². The maximum atomic E-state index is 12.3. The summed E-state index contributed by atoms with van der Waals surface area (Å²) in [6.45, 7) is 5.73. The maximum absolute atomic E-state index is 12.3. The van der Waals surface area contributed by atoms with Crippen molar-refractivity contribution in [1.82, 2.24) is 4.90 Å². The lowest BCUT2D eigenvalue weighted by Gasteiger charge is -2.42. The molecule has 0 spiro atoms. The van der Waals surface area contributed by atoms with Crippen molar-refractivity contribution < 1.29 is 14.7 Å². The van der Waals surface area contributed by atoms with Crippen molar-refractivity contribution in [1.29, 1.82) is 0 Å². The number of carboxylic acids is 1. The van der Waals surface area contributed by atoms with E-state index in [1.807, 2.05) is 32.9 Å². The highest BCUT2D eigenvalue weighted by atomic mass is 35.5. The zero-order valence-corrected chi connectivity index (χ0v) is 13.2. The van der Waals surface area contributed by atoms with Gasteiger partial charge in [0.25, 0.3) is 0 Å². The number of carboxylic acid groups (broad SMARTS) is 1. The highest BCUT2D eigenvalue weighted by Crippen LogP contribution is 2.39. The SMILES string of the molecule is Cc1cc(Cl)ccc1C1C(C(=O)O)CCC(=O)N1C(C)C. The van der Waals surface area contributed by atoms with Crippen molar-refractivity contribution in [2.75, 3.05) is 0 Å². The summed E-state index contributed by atoms with van der Waals surface area (Å²) in [5.74, 6) is -1.42. The van der Waals surface area contributed by atoms with Crippen molar-refractivity contribution in [3.8, 4) is 0 Å². The number of carbonyl (C=O) groups excluding carboxylic acids is 1. The molecule has 1 saturated heterocycles. The molecular formula is C16H20ClNO3. The van der Waals surface area contributed by atoms with Gasteiger partial charge in [0, 0.05) is 17.5 Å². The fourth-order valence-electron chi connectivity index (χ4n) is 3.12. The molecular weight excluding hydrogens is 290 g/mol. The van der Waals surface area contributed by atoms with Crippen molar-refractivity contribution in [2.24, 2.45) is 5.92 Å². The number of hydrogen-bond acceptors (Lipinski definition) is 2. The van der Waals surface area contributed by atoms with Crippen LogP contribution < -0.4 is 0 Å². The fourth-order valence-corrected chi connectivity index (χ4v) is 3.35. The Labute approximate surface area is 129 Å². The number of halogens is 1. The minimum absolute atomic E-state index is 0.0156. The number of amides is 1. The minimum Gasteiger partial charge on any atom is -0.481 e. The molecule has 2 unspecified atom stereocenters. The summed E-state index contributed by atoms with van der Waals surface area (Å²) in [5, 5.41) is 10.1. The molecule has 1 fully saturated rings. The summed E-state index contributed by atoms with van der Waals surface area (Å²) in [7, 11) is 0. The van der Waals surface area contributed by atoms with Gasteiger partial charge in [0.2, 0.25) is 5.91 Å². The van der Waals surface area contributed by atoms with Gasteiger partial charge in [-0.15, -0.1) is 0 Å². The van der Waals surface area contributed by atoms with Crippen LogP contribution in [0.5, 0.6) is 0 Å². The third-order valence-electron chi connectivity index (χ3n) is 4.06. The Morgan fingerprint density at radius 1 is 1.43 bits per heavy atom. The number of nitrogens with zero attached hydrogens (tertiary/aromatic N) is 1. The van der Waals surface area contributed by atoms with E-state index in [1.165, 1.54) is 0 Å². The largest absolute Gasteiger partial charge is 0.481 e. The molecule has 4 nitrogen and oxygen atoms in total. The number of piperidine rings is 1. The Kier molecular flexibility index (Phi) is 4.57. The van der Waals surface area contributed by atoms with Gasteiger partial charge in [0.1, 0.15) is 0 Å². The maximum Gasteiger partial charge on any atom is 0.308 e. The number of rotatable bonds is 3. The predicted molar refractivity (Wildman–Crippen MR) is 81.3 cm³/mol. The molecule has 0 bridgehead atoms. The van der Waals surface area contributed by atoms with E-state index in [9.17, 15) is 14.7 Å². The average molecular weight is 310 g/mol. The first-order valence-corrected chi connectivity index (χ1v) is 7.50. The number of carbonyl (C=O) groups is 2. The Morgan fingerprint density at radius 2 is 2.10 bits per heavy atom. The summed E-state index contributed by atoms with van der Waals surface area (Å²) >= 11 is 5.99. The van der Waals surface area contributed by atoms with Gasteiger partial charge in [0.05, 0.1) is 12.0 Å². The van der Waals surface area contributed by atoms with Gasteiger partial charge < -0.3 is 10.0 Å². The van der Waals surface area contributed by atoms with E-state index in [0.29, 0.717) is 11.4 Å². The van der Waals surface area contributed by atoms with Gasteiger partial charge in [-0.05, 0) is 50.5 Å². The van der Waals surface area contributed by atoms with E-state index in [4.69, 9.17) is 11.6 Å². The lowest BCUT2D eigenvalue weighted by molar-refractivity contribution is -0.153. The topological polar surface area (TPSA) is 57.6 Å². The molecule has 0 aromatic heterocycles. The molecule has 1 aliphatic rings. The normalized spacial score (nSPS) is 22.7. The third kappa shape index (κ3) is 3.05. The molecule has 21 heavy (non-hydrogen) atoms. The van der Waals surface area contributed by atoms with Crippen LogP contribution in [0.4, 0.5) is 0 Å².